The first-order chi connectivity index (χ1) is 10.0. The van der Waals surface area contributed by atoms with Crippen molar-refractivity contribution < 1.29 is 0 Å². The largest absolute Gasteiger partial charge is 0.396 e. The first-order valence-corrected chi connectivity index (χ1v) is 7.99. The molecule has 0 unspecified atom stereocenters. The number of hydrogen-bond acceptors (Lipinski definition) is 2. The van der Waals surface area contributed by atoms with Crippen LogP contribution in [0.1, 0.15) is 52.1 Å². The fourth-order valence-corrected chi connectivity index (χ4v) is 2.75. The Kier molecular flexibility index (Phi) is 5.05. The molecule has 0 spiro atoms. The first kappa shape index (κ1) is 15.6. The van der Waals surface area contributed by atoms with Crippen LogP contribution >= 0.6 is 0 Å². The van der Waals surface area contributed by atoms with Gasteiger partial charge in [-0.1, -0.05) is 52.0 Å². The van der Waals surface area contributed by atoms with E-state index >= 15 is 0 Å². The second-order valence-corrected chi connectivity index (χ2v) is 6.18. The maximum atomic E-state index is 6.16. The summed E-state index contributed by atoms with van der Waals surface area (Å²) in [4.78, 5) is 0. The van der Waals surface area contributed by atoms with Crippen LogP contribution in [0.5, 0.6) is 0 Å². The van der Waals surface area contributed by atoms with Gasteiger partial charge in [0.25, 0.3) is 0 Å². The molecule has 2 rings (SSSR count). The van der Waals surface area contributed by atoms with E-state index < -0.39 is 0 Å². The van der Waals surface area contributed by atoms with Crippen LogP contribution in [-0.4, -0.2) is 9.78 Å². The number of rotatable bonds is 6. The van der Waals surface area contributed by atoms with Gasteiger partial charge in [0.15, 0.2) is 0 Å². The molecular formula is C18H27N3. The molecule has 0 aliphatic carbocycles. The van der Waals surface area contributed by atoms with Gasteiger partial charge in [-0.2, -0.15) is 5.10 Å². The predicted octanol–water partition coefficient (Wildman–Crippen LogP) is 4.69. The number of anilines is 1. The van der Waals surface area contributed by atoms with Gasteiger partial charge in [0.05, 0.1) is 11.7 Å². The number of aromatic nitrogens is 2. The molecule has 0 saturated heterocycles. The Morgan fingerprint density at radius 1 is 1.10 bits per heavy atom. The summed E-state index contributed by atoms with van der Waals surface area (Å²) in [5.41, 5.74) is 10.3. The minimum atomic E-state index is 0.432. The van der Waals surface area contributed by atoms with Gasteiger partial charge in [0.1, 0.15) is 5.69 Å². The predicted molar refractivity (Wildman–Crippen MR) is 90.2 cm³/mol. The Hall–Kier alpha value is -1.77. The van der Waals surface area contributed by atoms with Crippen molar-refractivity contribution >= 4 is 5.69 Å². The van der Waals surface area contributed by atoms with Gasteiger partial charge in [0, 0.05) is 11.8 Å². The van der Waals surface area contributed by atoms with Crippen LogP contribution in [0.4, 0.5) is 5.69 Å². The Morgan fingerprint density at radius 3 is 2.24 bits per heavy atom. The van der Waals surface area contributed by atoms with Gasteiger partial charge >= 0.3 is 0 Å². The van der Waals surface area contributed by atoms with E-state index in [1.807, 2.05) is 10.9 Å². The van der Waals surface area contributed by atoms with E-state index in [1.54, 1.807) is 0 Å². The highest BCUT2D eigenvalue weighted by atomic mass is 15.3. The van der Waals surface area contributed by atoms with Crippen LogP contribution < -0.4 is 5.73 Å². The second kappa shape index (κ2) is 6.79. The summed E-state index contributed by atoms with van der Waals surface area (Å²) in [7, 11) is 0. The van der Waals surface area contributed by atoms with Gasteiger partial charge in [-0.3, -0.25) is 4.68 Å². The second-order valence-electron chi connectivity index (χ2n) is 6.18. The van der Waals surface area contributed by atoms with Crippen molar-refractivity contribution in [2.45, 2.75) is 53.0 Å². The number of nitrogens with two attached hydrogens (primary N) is 1. The van der Waals surface area contributed by atoms with Crippen molar-refractivity contribution in [2.24, 2.45) is 5.92 Å². The molecule has 0 bridgehead atoms. The highest BCUT2D eigenvalue weighted by Crippen LogP contribution is 2.27. The molecule has 0 fully saturated rings. The van der Waals surface area contributed by atoms with Crippen molar-refractivity contribution in [3.63, 3.8) is 0 Å². The van der Waals surface area contributed by atoms with E-state index in [2.05, 4.69) is 52.0 Å². The monoisotopic (exact) mass is 285 g/mol. The van der Waals surface area contributed by atoms with E-state index in [1.165, 1.54) is 5.56 Å². The average Bonchev–Trinajstić information content (AvgIpc) is 2.82. The molecular weight excluding hydrogens is 258 g/mol. The summed E-state index contributed by atoms with van der Waals surface area (Å²) in [5, 5.41) is 4.70. The van der Waals surface area contributed by atoms with E-state index in [-0.39, 0.29) is 0 Å². The van der Waals surface area contributed by atoms with Gasteiger partial charge in [-0.25, -0.2) is 0 Å². The van der Waals surface area contributed by atoms with E-state index in [9.17, 15) is 0 Å². The number of nitrogen functional groups attached to an aromatic ring is 1. The summed E-state index contributed by atoms with van der Waals surface area (Å²) in [5.74, 6) is 0.676. The molecule has 114 valence electrons. The molecule has 0 aliphatic rings. The molecule has 0 atom stereocenters. The first-order valence-electron chi connectivity index (χ1n) is 7.99. The fraction of sp³-hybridized carbons (Fsp3) is 0.500. The maximum absolute atomic E-state index is 6.16. The van der Waals surface area contributed by atoms with Crippen molar-refractivity contribution in [3.05, 3.63) is 36.0 Å². The van der Waals surface area contributed by atoms with Crippen molar-refractivity contribution in [2.75, 3.05) is 5.73 Å². The molecule has 1 heterocycles. The van der Waals surface area contributed by atoms with Crippen molar-refractivity contribution in [1.29, 1.82) is 0 Å². The number of hydrogen-bond donors (Lipinski definition) is 1. The van der Waals surface area contributed by atoms with Gasteiger partial charge < -0.3 is 5.73 Å². The zero-order chi connectivity index (χ0) is 15.4. The van der Waals surface area contributed by atoms with E-state index in [4.69, 9.17) is 10.8 Å². The molecule has 0 radical (unpaired) electrons. The Labute approximate surface area is 128 Å². The molecule has 2 N–H and O–H groups in total. The molecule has 0 aliphatic heterocycles. The third-order valence-corrected chi connectivity index (χ3v) is 3.95. The number of benzene rings is 1. The molecule has 3 nitrogen and oxygen atoms in total. The molecule has 0 amide bonds. The topological polar surface area (TPSA) is 43.8 Å². The van der Waals surface area contributed by atoms with Gasteiger partial charge in [-0.05, 0) is 30.7 Å². The zero-order valence-electron chi connectivity index (χ0n) is 13.6. The van der Waals surface area contributed by atoms with Crippen LogP contribution in [0.25, 0.3) is 11.3 Å². The fourth-order valence-electron chi connectivity index (χ4n) is 2.75. The van der Waals surface area contributed by atoms with Crippen LogP contribution in [-0.2, 0) is 6.42 Å². The third kappa shape index (κ3) is 3.66. The zero-order valence-corrected chi connectivity index (χ0v) is 13.6. The Balaban J connectivity index is 2.25. The molecule has 2 aromatic rings. The Bertz CT molecular complexity index is 563. The lowest BCUT2D eigenvalue weighted by atomic mass is 10.0. The van der Waals surface area contributed by atoms with Crippen LogP contribution in [0.3, 0.4) is 0 Å². The SMILES string of the molecule is CCC(CC)n1cc(N)c(-c2ccc(CC(C)C)cc2)n1. The van der Waals surface area contributed by atoms with E-state index in [0.717, 1.165) is 36.2 Å². The van der Waals surface area contributed by atoms with E-state index in [0.29, 0.717) is 12.0 Å². The minimum Gasteiger partial charge on any atom is -0.396 e. The van der Waals surface area contributed by atoms with Gasteiger partial charge in [-0.15, -0.1) is 0 Å². The van der Waals surface area contributed by atoms with Crippen LogP contribution in [0.2, 0.25) is 0 Å². The summed E-state index contributed by atoms with van der Waals surface area (Å²) in [6.07, 6.45) is 5.22. The normalized spacial score (nSPS) is 11.5. The lowest BCUT2D eigenvalue weighted by molar-refractivity contribution is 0.429. The minimum absolute atomic E-state index is 0.432. The van der Waals surface area contributed by atoms with Crippen LogP contribution in [0.15, 0.2) is 30.5 Å². The molecule has 1 aromatic heterocycles. The molecule has 1 aromatic carbocycles. The Morgan fingerprint density at radius 2 is 1.71 bits per heavy atom. The highest BCUT2D eigenvalue weighted by molar-refractivity contribution is 5.72. The summed E-state index contributed by atoms with van der Waals surface area (Å²) in [6, 6.07) is 9.07. The molecule has 3 heteroatoms. The standard InChI is InChI=1S/C18H27N3/c1-5-16(6-2)21-12-17(19)18(20-21)15-9-7-14(8-10-15)11-13(3)4/h7-10,12-13,16H,5-6,11,19H2,1-4H3. The molecule has 0 saturated carbocycles. The van der Waals surface area contributed by atoms with Crippen LogP contribution in [0, 0.1) is 5.92 Å². The smallest absolute Gasteiger partial charge is 0.115 e. The van der Waals surface area contributed by atoms with Crippen molar-refractivity contribution in [1.82, 2.24) is 9.78 Å². The lowest BCUT2D eigenvalue weighted by Crippen LogP contribution is -2.07. The maximum Gasteiger partial charge on any atom is 0.115 e. The van der Waals surface area contributed by atoms with Gasteiger partial charge in [0.2, 0.25) is 0 Å². The summed E-state index contributed by atoms with van der Waals surface area (Å²) < 4.78 is 2.02. The summed E-state index contributed by atoms with van der Waals surface area (Å²) in [6.45, 7) is 8.85. The lowest BCUT2D eigenvalue weighted by Gasteiger charge is -2.12. The van der Waals surface area contributed by atoms with Crippen molar-refractivity contribution in [3.8, 4) is 11.3 Å². The summed E-state index contributed by atoms with van der Waals surface area (Å²) >= 11 is 0. The molecule has 21 heavy (non-hydrogen) atoms. The third-order valence-electron chi connectivity index (χ3n) is 3.95. The average molecular weight is 285 g/mol. The highest BCUT2D eigenvalue weighted by Gasteiger charge is 2.13. The quantitative estimate of drug-likeness (QED) is 0.836. The number of nitrogens with zero attached hydrogens (tertiary/aromatic N) is 2.